The smallest absolute Gasteiger partial charge is 0.320 e. The average molecular weight is 234 g/mol. The second kappa shape index (κ2) is 4.18. The molecular formula is C12H14N2O3. The van der Waals surface area contributed by atoms with Gasteiger partial charge in [-0.25, -0.2) is 0 Å². The summed E-state index contributed by atoms with van der Waals surface area (Å²) in [6.45, 7) is 1.52. The van der Waals surface area contributed by atoms with E-state index in [1.807, 2.05) is 24.3 Å². The van der Waals surface area contributed by atoms with Gasteiger partial charge in [0.25, 0.3) is 0 Å². The lowest BCUT2D eigenvalue weighted by Crippen LogP contribution is -2.41. The number of amides is 1. The number of hydrogen-bond donors (Lipinski definition) is 2. The van der Waals surface area contributed by atoms with Gasteiger partial charge in [-0.2, -0.15) is 0 Å². The van der Waals surface area contributed by atoms with E-state index >= 15 is 0 Å². The van der Waals surface area contributed by atoms with Crippen molar-refractivity contribution in [2.45, 2.75) is 19.0 Å². The Kier molecular flexibility index (Phi) is 2.85. The first-order chi connectivity index (χ1) is 8.02. The molecule has 1 amide bonds. The standard InChI is InChI=1S/C12H14N2O3/c1-7(12(16)17)13-10-8-5-3-4-6-9(8)14(2)11(10)15/h3-7,10,13H,1-2H3,(H,16,17). The number of carboxylic acid groups (broad SMARTS) is 1. The Hall–Kier alpha value is -1.88. The van der Waals surface area contributed by atoms with Gasteiger partial charge in [-0.15, -0.1) is 0 Å². The van der Waals surface area contributed by atoms with E-state index in [4.69, 9.17) is 5.11 Å². The SMILES string of the molecule is CC(NC1C(=O)N(C)c2ccccc21)C(=O)O. The number of aliphatic carboxylic acids is 1. The molecule has 0 radical (unpaired) electrons. The highest BCUT2D eigenvalue weighted by Crippen LogP contribution is 2.34. The van der Waals surface area contributed by atoms with Crippen LogP contribution in [-0.4, -0.2) is 30.1 Å². The fourth-order valence-corrected chi connectivity index (χ4v) is 1.96. The number of benzene rings is 1. The molecule has 1 aromatic rings. The highest BCUT2D eigenvalue weighted by molar-refractivity contribution is 6.04. The molecule has 1 aliphatic rings. The number of likely N-dealkylation sites (N-methyl/N-ethyl adjacent to an activating group) is 1. The van der Waals surface area contributed by atoms with E-state index in [9.17, 15) is 9.59 Å². The van der Waals surface area contributed by atoms with Gasteiger partial charge in [0, 0.05) is 18.3 Å². The number of fused-ring (bicyclic) bond motifs is 1. The van der Waals surface area contributed by atoms with Crippen molar-refractivity contribution < 1.29 is 14.7 Å². The Morgan fingerprint density at radius 3 is 2.76 bits per heavy atom. The minimum atomic E-state index is -0.968. The largest absolute Gasteiger partial charge is 0.480 e. The molecule has 0 bridgehead atoms. The van der Waals surface area contributed by atoms with Gasteiger partial charge < -0.3 is 10.0 Å². The fraction of sp³-hybridized carbons (Fsp3) is 0.333. The Labute approximate surface area is 99.0 Å². The summed E-state index contributed by atoms with van der Waals surface area (Å²) in [4.78, 5) is 24.3. The third-order valence-electron chi connectivity index (χ3n) is 2.97. The monoisotopic (exact) mass is 234 g/mol. The molecule has 5 nitrogen and oxygen atoms in total. The van der Waals surface area contributed by atoms with E-state index in [0.29, 0.717) is 0 Å². The van der Waals surface area contributed by atoms with Gasteiger partial charge in [0.2, 0.25) is 5.91 Å². The van der Waals surface area contributed by atoms with E-state index in [0.717, 1.165) is 11.3 Å². The zero-order valence-electron chi connectivity index (χ0n) is 9.68. The highest BCUT2D eigenvalue weighted by atomic mass is 16.4. The van der Waals surface area contributed by atoms with Crippen LogP contribution in [0.1, 0.15) is 18.5 Å². The molecule has 17 heavy (non-hydrogen) atoms. The number of hydrogen-bond acceptors (Lipinski definition) is 3. The van der Waals surface area contributed by atoms with E-state index < -0.39 is 18.1 Å². The summed E-state index contributed by atoms with van der Waals surface area (Å²) in [5.41, 5.74) is 1.65. The van der Waals surface area contributed by atoms with Crippen molar-refractivity contribution in [1.29, 1.82) is 0 Å². The van der Waals surface area contributed by atoms with Gasteiger partial charge in [0.15, 0.2) is 0 Å². The van der Waals surface area contributed by atoms with Crippen molar-refractivity contribution in [3.05, 3.63) is 29.8 Å². The lowest BCUT2D eigenvalue weighted by atomic mass is 10.1. The number of nitrogens with zero attached hydrogens (tertiary/aromatic N) is 1. The number of carbonyl (C=O) groups is 2. The van der Waals surface area contributed by atoms with Crippen molar-refractivity contribution in [2.24, 2.45) is 0 Å². The van der Waals surface area contributed by atoms with Gasteiger partial charge in [-0.1, -0.05) is 18.2 Å². The number of carbonyl (C=O) groups excluding carboxylic acids is 1. The first-order valence-electron chi connectivity index (χ1n) is 5.37. The topological polar surface area (TPSA) is 69.6 Å². The molecule has 0 fully saturated rings. The Morgan fingerprint density at radius 2 is 2.12 bits per heavy atom. The van der Waals surface area contributed by atoms with Crippen molar-refractivity contribution in [3.63, 3.8) is 0 Å². The quantitative estimate of drug-likeness (QED) is 0.810. The summed E-state index contributed by atoms with van der Waals surface area (Å²) in [5.74, 6) is -1.09. The van der Waals surface area contributed by atoms with Crippen LogP contribution in [0.5, 0.6) is 0 Å². The molecule has 0 spiro atoms. The third kappa shape index (κ3) is 1.89. The van der Waals surface area contributed by atoms with Gasteiger partial charge in [0.05, 0.1) is 0 Å². The molecule has 0 saturated carbocycles. The maximum absolute atomic E-state index is 12.0. The van der Waals surface area contributed by atoms with Crippen LogP contribution in [0.3, 0.4) is 0 Å². The van der Waals surface area contributed by atoms with E-state index in [1.165, 1.54) is 6.92 Å². The summed E-state index contributed by atoms with van der Waals surface area (Å²) < 4.78 is 0. The van der Waals surface area contributed by atoms with Crippen LogP contribution in [0.25, 0.3) is 0 Å². The van der Waals surface area contributed by atoms with E-state index in [-0.39, 0.29) is 5.91 Å². The molecule has 1 heterocycles. The molecule has 5 heteroatoms. The molecule has 0 aliphatic carbocycles. The Morgan fingerprint density at radius 1 is 1.47 bits per heavy atom. The Bertz CT molecular complexity index is 473. The average Bonchev–Trinajstić information content (AvgIpc) is 2.55. The minimum absolute atomic E-state index is 0.126. The second-order valence-electron chi connectivity index (χ2n) is 4.12. The van der Waals surface area contributed by atoms with Crippen molar-refractivity contribution >= 4 is 17.6 Å². The van der Waals surface area contributed by atoms with Crippen molar-refractivity contribution in [1.82, 2.24) is 5.32 Å². The van der Waals surface area contributed by atoms with Gasteiger partial charge in [0.1, 0.15) is 12.1 Å². The lowest BCUT2D eigenvalue weighted by Gasteiger charge is -2.15. The summed E-state index contributed by atoms with van der Waals surface area (Å²) in [6.07, 6.45) is 0. The molecule has 2 N–H and O–H groups in total. The predicted molar refractivity (Wildman–Crippen MR) is 62.8 cm³/mol. The number of nitrogens with one attached hydrogen (secondary N) is 1. The summed E-state index contributed by atoms with van der Waals surface area (Å²) in [5, 5.41) is 11.7. The maximum atomic E-state index is 12.0. The summed E-state index contributed by atoms with van der Waals surface area (Å²) >= 11 is 0. The van der Waals surface area contributed by atoms with Crippen LogP contribution in [0.15, 0.2) is 24.3 Å². The summed E-state index contributed by atoms with van der Waals surface area (Å²) in [7, 11) is 1.69. The maximum Gasteiger partial charge on any atom is 0.320 e. The number of carboxylic acids is 1. The minimum Gasteiger partial charge on any atom is -0.480 e. The fourth-order valence-electron chi connectivity index (χ4n) is 1.96. The van der Waals surface area contributed by atoms with Crippen LogP contribution in [-0.2, 0) is 9.59 Å². The van der Waals surface area contributed by atoms with Gasteiger partial charge >= 0.3 is 5.97 Å². The lowest BCUT2D eigenvalue weighted by molar-refractivity contribution is -0.139. The molecular weight excluding hydrogens is 220 g/mol. The number of para-hydroxylation sites is 1. The summed E-state index contributed by atoms with van der Waals surface area (Å²) in [6, 6.07) is 6.05. The molecule has 0 aromatic heterocycles. The van der Waals surface area contributed by atoms with Gasteiger partial charge in [-0.05, 0) is 13.0 Å². The molecule has 90 valence electrons. The van der Waals surface area contributed by atoms with Crippen LogP contribution in [0.2, 0.25) is 0 Å². The van der Waals surface area contributed by atoms with E-state index in [1.54, 1.807) is 11.9 Å². The zero-order valence-corrected chi connectivity index (χ0v) is 9.68. The first kappa shape index (κ1) is 11.6. The molecule has 1 aliphatic heterocycles. The number of anilines is 1. The predicted octanol–water partition coefficient (Wildman–Crippen LogP) is 0.767. The Balaban J connectivity index is 2.30. The third-order valence-corrected chi connectivity index (χ3v) is 2.97. The normalized spacial score (nSPS) is 20.2. The zero-order chi connectivity index (χ0) is 12.6. The van der Waals surface area contributed by atoms with E-state index in [2.05, 4.69) is 5.32 Å². The van der Waals surface area contributed by atoms with Crippen LogP contribution >= 0.6 is 0 Å². The van der Waals surface area contributed by atoms with Crippen LogP contribution in [0.4, 0.5) is 5.69 Å². The first-order valence-corrected chi connectivity index (χ1v) is 5.37. The van der Waals surface area contributed by atoms with Crippen LogP contribution in [0, 0.1) is 0 Å². The molecule has 2 rings (SSSR count). The molecule has 2 unspecified atom stereocenters. The van der Waals surface area contributed by atoms with Gasteiger partial charge in [-0.3, -0.25) is 14.9 Å². The molecule has 2 atom stereocenters. The second-order valence-corrected chi connectivity index (χ2v) is 4.12. The van der Waals surface area contributed by atoms with Crippen molar-refractivity contribution in [2.75, 3.05) is 11.9 Å². The molecule has 0 saturated heterocycles. The highest BCUT2D eigenvalue weighted by Gasteiger charge is 2.36. The number of rotatable bonds is 3. The van der Waals surface area contributed by atoms with Crippen molar-refractivity contribution in [3.8, 4) is 0 Å². The molecule has 1 aromatic carbocycles. The van der Waals surface area contributed by atoms with Crippen LogP contribution < -0.4 is 10.2 Å².